The van der Waals surface area contributed by atoms with E-state index in [1.807, 2.05) is 4.98 Å². The smallest absolute Gasteiger partial charge is 0.364 e. The quantitative estimate of drug-likeness (QED) is 0.174. The van der Waals surface area contributed by atoms with Crippen molar-refractivity contribution >= 4 is 36.1 Å². The van der Waals surface area contributed by atoms with Crippen LogP contribution < -0.4 is 11.2 Å². The van der Waals surface area contributed by atoms with Crippen LogP contribution in [0.3, 0.4) is 0 Å². The van der Waals surface area contributed by atoms with E-state index in [0.717, 1.165) is 16.8 Å². The molecule has 16 nitrogen and oxygen atoms in total. The molecule has 1 saturated carbocycles. The van der Waals surface area contributed by atoms with Crippen LogP contribution in [0, 0.1) is 0 Å². The highest BCUT2D eigenvalue weighted by molar-refractivity contribution is 7.82. The van der Waals surface area contributed by atoms with Crippen LogP contribution in [-0.2, 0) is 36.3 Å². The van der Waals surface area contributed by atoms with E-state index < -0.39 is 70.1 Å². The number of thiol groups is 1. The standard InChI is InChI=1S/C10H13N2O14P3S/c13-4-1-2-12(8(14)11-4)6-5-10(30)7(23-5)9(10,24-6)3-22-28(18,19)26-29(20,21)25-27(15,16)17/h1-2,5-7,30H,3H2,(H,18,19)(H,20,21)(H,11,13,14)(H2,15,16,17)/t5-,6+,7?,9-,10+/m0/s1. The summed E-state index contributed by atoms with van der Waals surface area (Å²) in [6.07, 6.45) is -1.42. The van der Waals surface area contributed by atoms with Gasteiger partial charge in [-0.3, -0.25) is 18.9 Å². The van der Waals surface area contributed by atoms with Crippen molar-refractivity contribution < 1.29 is 55.9 Å². The summed E-state index contributed by atoms with van der Waals surface area (Å²) in [5.74, 6) is 0. The molecular formula is C10H13N2O14P3S. The Labute approximate surface area is 170 Å². The maximum Gasteiger partial charge on any atom is 0.490 e. The number of nitrogens with zero attached hydrogens (tertiary/aromatic N) is 1. The summed E-state index contributed by atoms with van der Waals surface area (Å²) < 4.78 is 57.1. The first-order chi connectivity index (χ1) is 13.6. The maximum atomic E-state index is 12.0. The number of rotatable bonds is 8. The maximum absolute atomic E-state index is 12.0. The third kappa shape index (κ3) is 3.53. The van der Waals surface area contributed by atoms with Crippen molar-refractivity contribution in [2.24, 2.45) is 0 Å². The van der Waals surface area contributed by atoms with E-state index in [2.05, 4.69) is 25.8 Å². The second-order valence-corrected chi connectivity index (χ2v) is 11.7. The monoisotopic (exact) mass is 510 g/mol. The molecule has 4 rings (SSSR count). The normalized spacial score (nSPS) is 38.2. The van der Waals surface area contributed by atoms with Gasteiger partial charge in [0.15, 0.2) is 6.23 Å². The summed E-state index contributed by atoms with van der Waals surface area (Å²) in [5, 5.41) is 0. The van der Waals surface area contributed by atoms with Crippen LogP contribution in [0.2, 0.25) is 0 Å². The summed E-state index contributed by atoms with van der Waals surface area (Å²) in [4.78, 5) is 61.0. The SMILES string of the molecule is O=c1ccn([C@@H]2O[C@@]3(COP(=O)(O)OP(=O)(O)OP(=O)(O)O)C4O[C@@H]2[C@@]43S)c(=O)[nH]1. The summed E-state index contributed by atoms with van der Waals surface area (Å²) in [5.41, 5.74) is -2.90. The van der Waals surface area contributed by atoms with Gasteiger partial charge in [0.25, 0.3) is 5.56 Å². The van der Waals surface area contributed by atoms with Crippen molar-refractivity contribution in [3.63, 3.8) is 0 Å². The summed E-state index contributed by atoms with van der Waals surface area (Å²) >= 11 is 4.43. The summed E-state index contributed by atoms with van der Waals surface area (Å²) in [6.45, 7) is -0.768. The number of hydrogen-bond donors (Lipinski definition) is 6. The zero-order valence-corrected chi connectivity index (χ0v) is 17.8. The molecule has 3 aliphatic rings. The minimum absolute atomic E-state index is 0.644. The highest BCUT2D eigenvalue weighted by Crippen LogP contribution is 2.77. The van der Waals surface area contributed by atoms with Gasteiger partial charge < -0.3 is 29.0 Å². The van der Waals surface area contributed by atoms with Crippen LogP contribution in [-0.4, -0.2) is 58.3 Å². The first-order valence-corrected chi connectivity index (χ1v) is 12.7. The fraction of sp³-hybridized carbons (Fsp3) is 0.600. The number of hydrogen-bond acceptors (Lipinski definition) is 11. The van der Waals surface area contributed by atoms with E-state index in [-0.39, 0.29) is 0 Å². The number of phosphoric ester groups is 1. The Balaban J connectivity index is 1.48. The van der Waals surface area contributed by atoms with Crippen molar-refractivity contribution in [3.8, 4) is 0 Å². The molecule has 0 bridgehead atoms. The lowest BCUT2D eigenvalue weighted by atomic mass is 10.1. The number of H-pyrrole nitrogens is 1. The minimum atomic E-state index is -5.67. The molecule has 0 amide bonds. The number of ether oxygens (including phenoxy) is 2. The number of phosphoric acid groups is 3. The van der Waals surface area contributed by atoms with E-state index in [4.69, 9.17) is 19.3 Å². The van der Waals surface area contributed by atoms with Crippen molar-refractivity contribution in [3.05, 3.63) is 33.1 Å². The largest absolute Gasteiger partial charge is 0.490 e. The molecule has 3 fully saturated rings. The van der Waals surface area contributed by atoms with Crippen LogP contribution >= 0.6 is 36.1 Å². The molecule has 1 aliphatic carbocycles. The lowest BCUT2D eigenvalue weighted by molar-refractivity contribution is -0.208. The van der Waals surface area contributed by atoms with Gasteiger partial charge >= 0.3 is 29.2 Å². The molecule has 3 unspecified atom stereocenters. The zero-order chi connectivity index (χ0) is 22.3. The van der Waals surface area contributed by atoms with Crippen LogP contribution in [0.5, 0.6) is 0 Å². The van der Waals surface area contributed by atoms with Gasteiger partial charge in [0.05, 0.1) is 6.61 Å². The molecule has 168 valence electrons. The molecule has 20 heteroatoms. The highest BCUT2D eigenvalue weighted by Gasteiger charge is 2.94. The second kappa shape index (κ2) is 6.68. The van der Waals surface area contributed by atoms with Gasteiger partial charge in [-0.05, 0) is 0 Å². The van der Waals surface area contributed by atoms with Gasteiger partial charge in [0, 0.05) is 12.3 Å². The number of nitrogens with one attached hydrogen (secondary N) is 1. The third-order valence-corrected chi connectivity index (χ3v) is 9.36. The van der Waals surface area contributed by atoms with E-state index in [1.54, 1.807) is 0 Å². The predicted octanol–water partition coefficient (Wildman–Crippen LogP) is -1.40. The molecule has 0 aromatic carbocycles. The first-order valence-electron chi connectivity index (χ1n) is 7.76. The average molecular weight is 510 g/mol. The van der Waals surface area contributed by atoms with Crippen molar-refractivity contribution in [1.29, 1.82) is 0 Å². The first kappa shape index (κ1) is 22.6. The van der Waals surface area contributed by atoms with Gasteiger partial charge in [0.1, 0.15) is 22.6 Å². The Bertz CT molecular complexity index is 1160. The molecule has 2 saturated heterocycles. The Morgan fingerprint density at radius 3 is 2.43 bits per heavy atom. The molecule has 2 aliphatic heterocycles. The topological polar surface area (TPSA) is 233 Å². The number of aromatic nitrogens is 2. The van der Waals surface area contributed by atoms with Gasteiger partial charge in [0.2, 0.25) is 0 Å². The molecular weight excluding hydrogens is 497 g/mol. The van der Waals surface area contributed by atoms with E-state index in [9.17, 15) is 33.1 Å². The molecule has 5 N–H and O–H groups in total. The lowest BCUT2D eigenvalue weighted by Gasteiger charge is -2.36. The van der Waals surface area contributed by atoms with Gasteiger partial charge in [-0.2, -0.15) is 21.3 Å². The molecule has 1 aromatic rings. The van der Waals surface area contributed by atoms with E-state index in [1.165, 1.54) is 0 Å². The van der Waals surface area contributed by atoms with Gasteiger partial charge in [-0.25, -0.2) is 18.5 Å². The Morgan fingerprint density at radius 2 is 1.83 bits per heavy atom. The Kier molecular flexibility index (Phi) is 5.02. The van der Waals surface area contributed by atoms with Crippen LogP contribution in [0.4, 0.5) is 0 Å². The van der Waals surface area contributed by atoms with Crippen molar-refractivity contribution in [2.45, 2.75) is 28.8 Å². The average Bonchev–Trinajstić information content (AvgIpc) is 2.84. The summed E-state index contributed by atoms with van der Waals surface area (Å²) in [7, 11) is -16.6. The molecule has 7 atom stereocenters. The van der Waals surface area contributed by atoms with Crippen LogP contribution in [0.1, 0.15) is 6.23 Å². The number of fused-ring (bicyclic) bond motifs is 1. The number of aromatic amines is 1. The fourth-order valence-corrected chi connectivity index (χ4v) is 7.19. The molecule has 1 aromatic heterocycles. The predicted molar refractivity (Wildman–Crippen MR) is 94.4 cm³/mol. The van der Waals surface area contributed by atoms with Gasteiger partial charge in [-0.15, -0.1) is 0 Å². The highest BCUT2D eigenvalue weighted by atomic mass is 32.1. The minimum Gasteiger partial charge on any atom is -0.364 e. The molecule has 0 spiro atoms. The van der Waals surface area contributed by atoms with E-state index >= 15 is 0 Å². The third-order valence-electron chi connectivity index (χ3n) is 4.71. The Morgan fingerprint density at radius 1 is 1.17 bits per heavy atom. The van der Waals surface area contributed by atoms with Crippen molar-refractivity contribution in [2.75, 3.05) is 6.61 Å². The van der Waals surface area contributed by atoms with Crippen molar-refractivity contribution in [1.82, 2.24) is 9.55 Å². The second-order valence-electron chi connectivity index (χ2n) is 6.54. The Hall–Kier alpha value is -0.640. The molecule has 0 radical (unpaired) electrons. The lowest BCUT2D eigenvalue weighted by Crippen LogP contribution is -2.49. The van der Waals surface area contributed by atoms with E-state index in [0.29, 0.717) is 0 Å². The van der Waals surface area contributed by atoms with Gasteiger partial charge in [-0.1, -0.05) is 0 Å². The fourth-order valence-electron chi connectivity index (χ4n) is 3.52. The molecule has 30 heavy (non-hydrogen) atoms. The zero-order valence-electron chi connectivity index (χ0n) is 14.2. The summed E-state index contributed by atoms with van der Waals surface area (Å²) in [6, 6.07) is 1.06. The van der Waals surface area contributed by atoms with Crippen LogP contribution in [0.15, 0.2) is 21.9 Å². The van der Waals surface area contributed by atoms with Crippen LogP contribution in [0.25, 0.3) is 0 Å². The molecule has 3 heterocycles.